The van der Waals surface area contributed by atoms with Crippen LogP contribution in [0.5, 0.6) is 0 Å². The van der Waals surface area contributed by atoms with Gasteiger partial charge in [0.2, 0.25) is 17.7 Å². The van der Waals surface area contributed by atoms with E-state index < -0.39 is 41.5 Å². The second-order valence-electron chi connectivity index (χ2n) is 19.0. The van der Waals surface area contributed by atoms with Crippen molar-refractivity contribution < 1.29 is 29.4 Å². The predicted molar refractivity (Wildman–Crippen MR) is 261 cm³/mol. The lowest BCUT2D eigenvalue weighted by atomic mass is 9.85. The van der Waals surface area contributed by atoms with Crippen molar-refractivity contribution in [2.45, 2.75) is 111 Å². The number of benzene rings is 2. The van der Waals surface area contributed by atoms with Crippen LogP contribution in [0.3, 0.4) is 0 Å². The van der Waals surface area contributed by atoms with Crippen LogP contribution < -0.4 is 10.6 Å². The Kier molecular flexibility index (Phi) is 13.8. The van der Waals surface area contributed by atoms with Crippen LogP contribution in [-0.2, 0) is 19.2 Å². The summed E-state index contributed by atoms with van der Waals surface area (Å²) in [5, 5.41) is 36.2. The van der Waals surface area contributed by atoms with Crippen LogP contribution in [0.15, 0.2) is 65.1 Å². The number of carbonyl (C=O) groups excluding carboxylic acids is 3. The molecule has 0 spiro atoms. The fourth-order valence-electron chi connectivity index (χ4n) is 9.22. The highest BCUT2D eigenvalue weighted by molar-refractivity contribution is 7.15. The number of fused-ring (bicyclic) bond motifs is 3. The number of β-amino-alcohol motifs (C(OH)–C–C–N with tert-alkyl or cyclic N) is 1. The molecular weight excluding hydrogens is 887 g/mol. The molecule has 0 unspecified atom stereocenters. The maximum absolute atomic E-state index is 14.3. The molecule has 67 heavy (non-hydrogen) atoms. The number of aliphatic hydroxyl groups excluding tert-OH is 1. The molecule has 3 aliphatic heterocycles. The maximum atomic E-state index is 14.3. The Labute approximate surface area is 399 Å². The van der Waals surface area contributed by atoms with Gasteiger partial charge in [-0.05, 0) is 74.3 Å². The zero-order chi connectivity index (χ0) is 47.9. The lowest BCUT2D eigenvalue weighted by molar-refractivity contribution is -0.144. The van der Waals surface area contributed by atoms with Crippen molar-refractivity contribution in [3.63, 3.8) is 0 Å². The van der Waals surface area contributed by atoms with Crippen LogP contribution in [-0.4, -0.2) is 114 Å². The van der Waals surface area contributed by atoms with Crippen molar-refractivity contribution in [3.05, 3.63) is 110 Å². The van der Waals surface area contributed by atoms with Crippen molar-refractivity contribution >= 4 is 57.6 Å². The third-order valence-electron chi connectivity index (χ3n) is 13.1. The number of thiazole rings is 1. The van der Waals surface area contributed by atoms with E-state index in [0.29, 0.717) is 24.7 Å². The van der Waals surface area contributed by atoms with Crippen molar-refractivity contribution in [1.29, 1.82) is 0 Å². The van der Waals surface area contributed by atoms with E-state index in [-0.39, 0.29) is 43.7 Å². The molecule has 4 N–H and O–H groups in total. The van der Waals surface area contributed by atoms with E-state index in [1.54, 1.807) is 22.7 Å². The third-order valence-corrected chi connectivity index (χ3v) is 15.3. The number of likely N-dealkylation sites (tertiary alicyclic amines) is 1. The number of aromatic nitrogens is 4. The first kappa shape index (κ1) is 47.6. The minimum Gasteiger partial charge on any atom is -0.481 e. The summed E-state index contributed by atoms with van der Waals surface area (Å²) < 4.78 is 1.95. The van der Waals surface area contributed by atoms with Crippen molar-refractivity contribution in [3.8, 4) is 15.4 Å². The lowest BCUT2D eigenvalue weighted by Gasteiger charge is -2.35. The highest BCUT2D eigenvalue weighted by atomic mass is 32.1. The number of nitrogens with one attached hydrogen (secondary N) is 2. The summed E-state index contributed by atoms with van der Waals surface area (Å²) in [7, 11) is 0. The largest absolute Gasteiger partial charge is 0.481 e. The molecule has 1 fully saturated rings. The van der Waals surface area contributed by atoms with Gasteiger partial charge in [-0.15, -0.1) is 32.9 Å². The van der Waals surface area contributed by atoms with Gasteiger partial charge >= 0.3 is 5.97 Å². The number of carboxylic acids is 1. The average molecular weight is 946 g/mol. The van der Waals surface area contributed by atoms with Gasteiger partial charge in [0, 0.05) is 55.0 Å². The Balaban J connectivity index is 0.878. The summed E-state index contributed by atoms with van der Waals surface area (Å²) in [5.74, 6) is -0.750. The quantitative estimate of drug-likeness (QED) is 0.0965. The van der Waals surface area contributed by atoms with Crippen LogP contribution in [0, 0.1) is 33.1 Å². The summed E-state index contributed by atoms with van der Waals surface area (Å²) >= 11 is 3.21. The number of hydrogen-bond acceptors (Lipinski definition) is 12. The molecule has 5 aromatic rings. The van der Waals surface area contributed by atoms with Crippen molar-refractivity contribution in [1.82, 2.24) is 40.2 Å². The Hall–Kier alpha value is -5.88. The number of hydrogen-bond donors (Lipinski definition) is 4. The molecule has 0 bridgehead atoms. The molecule has 1 saturated heterocycles. The fourth-order valence-corrected chi connectivity index (χ4v) is 11.2. The standard InChI is InChI=1S/C50H59N9O6S2/c1-27-30(4)67-49-42(27)43(53-38(24-41(62)63)46-56-55-31(5)59(46)49)35-13-11-33(12-14-35)34-17-20-57(21-18-34)22-19-40(61)54-45(50(6,7)8)48(65)58-25-37(60)23-39(58)47(64)52-28(2)32-9-15-36(16-10-32)44-29(3)51-26-66-44/h9-17,26,28,37-39,45,60H,18-25H2,1-8H3,(H,52,64)(H,54,61)(H,62,63)/t28-,37+,38-,39-,45+/m0/s1. The normalized spacial score (nSPS) is 19.4. The smallest absolute Gasteiger partial charge is 0.306 e. The molecule has 3 aliphatic rings. The van der Waals surface area contributed by atoms with E-state index in [0.717, 1.165) is 72.5 Å². The molecule has 0 aliphatic carbocycles. The van der Waals surface area contributed by atoms with E-state index in [4.69, 9.17) is 4.99 Å². The summed E-state index contributed by atoms with van der Waals surface area (Å²) in [6, 6.07) is 13.4. The molecule has 3 amide bonds. The van der Waals surface area contributed by atoms with Gasteiger partial charge in [-0.1, -0.05) is 75.4 Å². The molecule has 0 radical (unpaired) electrons. The second kappa shape index (κ2) is 19.4. The SMILES string of the molecule is Cc1ncsc1-c1ccc([C@H](C)NC(=O)[C@@H]2C[C@@H](O)CN2C(=O)[C@@H](NC(=O)CCN2CC=C(c3ccc(C4=N[C@@H](CC(=O)O)c5nnc(C)n5-c5sc(C)c(C)c54)cc3)CC2)C(C)(C)C)cc1. The van der Waals surface area contributed by atoms with Crippen LogP contribution in [0.2, 0.25) is 0 Å². The van der Waals surface area contributed by atoms with E-state index in [2.05, 4.69) is 74.9 Å². The van der Waals surface area contributed by atoms with Crippen molar-refractivity contribution in [2.75, 3.05) is 26.2 Å². The number of nitrogens with zero attached hydrogens (tertiary/aromatic N) is 7. The molecule has 17 heteroatoms. The van der Waals surface area contributed by atoms with Gasteiger partial charge in [-0.2, -0.15) is 0 Å². The summed E-state index contributed by atoms with van der Waals surface area (Å²) in [6.45, 7) is 17.5. The minimum atomic E-state index is -0.959. The molecule has 3 aromatic heterocycles. The third kappa shape index (κ3) is 10.1. The molecule has 5 atom stereocenters. The monoisotopic (exact) mass is 945 g/mol. The highest BCUT2D eigenvalue weighted by Crippen LogP contribution is 2.40. The molecule has 6 heterocycles. The first-order valence-corrected chi connectivity index (χ1v) is 24.5. The first-order valence-electron chi connectivity index (χ1n) is 22.8. The van der Waals surface area contributed by atoms with E-state index in [1.165, 1.54) is 10.5 Å². The Morgan fingerprint density at radius 1 is 0.940 bits per heavy atom. The number of aliphatic imine (C=N–C) groups is 1. The summed E-state index contributed by atoms with van der Waals surface area (Å²) in [6.07, 6.45) is 2.19. The van der Waals surface area contributed by atoms with Crippen LogP contribution in [0.4, 0.5) is 0 Å². The number of carbonyl (C=O) groups is 4. The van der Waals surface area contributed by atoms with Crippen LogP contribution >= 0.6 is 22.7 Å². The van der Waals surface area contributed by atoms with Gasteiger partial charge < -0.3 is 25.7 Å². The second-order valence-corrected chi connectivity index (χ2v) is 21.0. The highest BCUT2D eigenvalue weighted by Gasteiger charge is 2.45. The Morgan fingerprint density at radius 3 is 2.28 bits per heavy atom. The molecule has 2 aromatic carbocycles. The van der Waals surface area contributed by atoms with Gasteiger partial charge in [0.1, 0.15) is 29.0 Å². The maximum Gasteiger partial charge on any atom is 0.306 e. The van der Waals surface area contributed by atoms with E-state index in [9.17, 15) is 29.4 Å². The molecule has 352 valence electrons. The number of carboxylic acid groups (broad SMARTS) is 1. The summed E-state index contributed by atoms with van der Waals surface area (Å²) in [5.41, 5.74) is 10.1. The number of amides is 3. The van der Waals surface area contributed by atoms with Crippen LogP contribution in [0.25, 0.3) is 21.0 Å². The lowest BCUT2D eigenvalue weighted by Crippen LogP contribution is -2.58. The minimum absolute atomic E-state index is 0.00304. The molecular formula is C50H59N9O6S2. The number of aliphatic hydroxyl groups is 1. The van der Waals surface area contributed by atoms with E-state index >= 15 is 0 Å². The zero-order valence-electron chi connectivity index (χ0n) is 39.3. The molecule has 15 nitrogen and oxygen atoms in total. The molecule has 0 saturated carbocycles. The van der Waals surface area contributed by atoms with Crippen LogP contribution in [0.1, 0.15) is 115 Å². The Bertz CT molecular complexity index is 2750. The first-order chi connectivity index (χ1) is 31.9. The summed E-state index contributed by atoms with van der Waals surface area (Å²) in [4.78, 5) is 68.8. The topological polar surface area (TPSA) is 195 Å². The molecule has 8 rings (SSSR count). The number of aliphatic carboxylic acids is 1. The average Bonchev–Trinajstić information content (AvgIpc) is 4.06. The number of thiophene rings is 1. The number of rotatable bonds is 13. The van der Waals surface area contributed by atoms with Gasteiger partial charge in [0.05, 0.1) is 40.4 Å². The van der Waals surface area contributed by atoms with Crippen molar-refractivity contribution in [2.24, 2.45) is 10.4 Å². The van der Waals surface area contributed by atoms with Gasteiger partial charge in [0.25, 0.3) is 0 Å². The van der Waals surface area contributed by atoms with Gasteiger partial charge in [0.15, 0.2) is 5.82 Å². The van der Waals surface area contributed by atoms with E-state index in [1.807, 2.05) is 75.9 Å². The van der Waals surface area contributed by atoms with Gasteiger partial charge in [-0.3, -0.25) is 33.6 Å². The van der Waals surface area contributed by atoms with Gasteiger partial charge in [-0.25, -0.2) is 4.98 Å². The zero-order valence-corrected chi connectivity index (χ0v) is 40.9. The number of aryl methyl sites for hydroxylation is 3. The fraction of sp³-hybridized carbons (Fsp3) is 0.440. The predicted octanol–water partition coefficient (Wildman–Crippen LogP) is 6.90. The Morgan fingerprint density at radius 2 is 1.64 bits per heavy atom.